The molecule has 4 heteroatoms. The minimum absolute atomic E-state index is 0.289. The second kappa shape index (κ2) is 3.88. The Labute approximate surface area is 89.5 Å². The number of ether oxygens (including phenoxy) is 1. The molecule has 15 heavy (non-hydrogen) atoms. The Morgan fingerprint density at radius 1 is 1.40 bits per heavy atom. The number of nitrogens with zero attached hydrogens (tertiary/aromatic N) is 1. The van der Waals surface area contributed by atoms with E-state index in [-0.39, 0.29) is 5.69 Å². The van der Waals surface area contributed by atoms with Crippen molar-refractivity contribution in [3.05, 3.63) is 23.5 Å². The summed E-state index contributed by atoms with van der Waals surface area (Å²) in [5, 5.41) is 0. The van der Waals surface area contributed by atoms with Gasteiger partial charge in [0, 0.05) is 0 Å². The Hall–Kier alpha value is -1.58. The minimum Gasteiger partial charge on any atom is -0.455 e. The summed E-state index contributed by atoms with van der Waals surface area (Å²) in [5.74, 6) is -0.425. The largest absolute Gasteiger partial charge is 0.455 e. The number of aryl methyl sites for hydroxylation is 1. The molecule has 1 rings (SSSR count). The van der Waals surface area contributed by atoms with Gasteiger partial charge in [-0.15, -0.1) is 0 Å². The van der Waals surface area contributed by atoms with E-state index in [2.05, 4.69) is 4.98 Å². The van der Waals surface area contributed by atoms with Gasteiger partial charge in [-0.25, -0.2) is 9.78 Å². The maximum absolute atomic E-state index is 11.6. The molecular weight excluding hydrogens is 192 g/mol. The summed E-state index contributed by atoms with van der Waals surface area (Å²) in [6.45, 7) is 7.20. The van der Waals surface area contributed by atoms with Crippen molar-refractivity contribution in [3.8, 4) is 0 Å². The van der Waals surface area contributed by atoms with Gasteiger partial charge in [0.2, 0.25) is 0 Å². The molecule has 82 valence electrons. The first-order valence-corrected chi connectivity index (χ1v) is 4.76. The summed E-state index contributed by atoms with van der Waals surface area (Å²) >= 11 is 0. The molecule has 1 aromatic heterocycles. The van der Waals surface area contributed by atoms with Crippen LogP contribution in [-0.4, -0.2) is 16.6 Å². The van der Waals surface area contributed by atoms with Crippen molar-refractivity contribution in [2.45, 2.75) is 33.3 Å². The molecule has 0 unspecified atom stereocenters. The van der Waals surface area contributed by atoms with Gasteiger partial charge in [0.25, 0.3) is 0 Å². The first-order chi connectivity index (χ1) is 6.79. The summed E-state index contributed by atoms with van der Waals surface area (Å²) in [7, 11) is 0. The number of nitrogen functional groups attached to an aromatic ring is 1. The van der Waals surface area contributed by atoms with Crippen LogP contribution in [-0.2, 0) is 4.74 Å². The molecule has 0 atom stereocenters. The summed E-state index contributed by atoms with van der Waals surface area (Å²) in [6.07, 6.45) is 0. The number of carbonyl (C=O) groups is 1. The standard InChI is InChI=1S/C11H16N2O2/c1-7-8(12)5-6-9(13-7)10(14)15-11(2,3)4/h5-6H,12H2,1-4H3. The van der Waals surface area contributed by atoms with Gasteiger partial charge in [-0.1, -0.05) is 0 Å². The van der Waals surface area contributed by atoms with Gasteiger partial charge in [-0.3, -0.25) is 0 Å². The highest BCUT2D eigenvalue weighted by Crippen LogP contribution is 2.13. The van der Waals surface area contributed by atoms with Crippen molar-refractivity contribution in [2.75, 3.05) is 5.73 Å². The van der Waals surface area contributed by atoms with E-state index >= 15 is 0 Å². The predicted octanol–water partition coefficient (Wildman–Crippen LogP) is 1.93. The van der Waals surface area contributed by atoms with Gasteiger partial charge >= 0.3 is 5.97 Å². The van der Waals surface area contributed by atoms with E-state index in [0.29, 0.717) is 11.4 Å². The zero-order chi connectivity index (χ0) is 11.6. The molecule has 0 amide bonds. The van der Waals surface area contributed by atoms with E-state index in [1.165, 1.54) is 0 Å². The van der Waals surface area contributed by atoms with Crippen LogP contribution < -0.4 is 5.73 Å². The van der Waals surface area contributed by atoms with Crippen molar-refractivity contribution in [1.29, 1.82) is 0 Å². The van der Waals surface area contributed by atoms with Crippen LogP contribution in [0.15, 0.2) is 12.1 Å². The Kier molecular flexibility index (Phi) is 2.98. The topological polar surface area (TPSA) is 65.2 Å². The quantitative estimate of drug-likeness (QED) is 0.716. The van der Waals surface area contributed by atoms with Crippen molar-refractivity contribution in [3.63, 3.8) is 0 Å². The molecule has 0 aliphatic rings. The van der Waals surface area contributed by atoms with Gasteiger partial charge in [-0.05, 0) is 39.8 Å². The summed E-state index contributed by atoms with van der Waals surface area (Å²) in [6, 6.07) is 3.22. The molecule has 0 saturated heterocycles. The molecule has 0 bridgehead atoms. The number of carbonyl (C=O) groups excluding carboxylic acids is 1. The van der Waals surface area contributed by atoms with Crippen LogP contribution in [0.25, 0.3) is 0 Å². The van der Waals surface area contributed by atoms with Crippen LogP contribution >= 0.6 is 0 Å². The Morgan fingerprint density at radius 3 is 2.47 bits per heavy atom. The molecule has 0 radical (unpaired) electrons. The first-order valence-electron chi connectivity index (χ1n) is 4.76. The van der Waals surface area contributed by atoms with Crippen LogP contribution in [0.5, 0.6) is 0 Å². The molecule has 0 spiro atoms. The fourth-order valence-electron chi connectivity index (χ4n) is 1.02. The van der Waals surface area contributed by atoms with E-state index in [1.54, 1.807) is 19.1 Å². The molecule has 4 nitrogen and oxygen atoms in total. The van der Waals surface area contributed by atoms with Crippen LogP contribution in [0.1, 0.15) is 37.0 Å². The third-order valence-corrected chi connectivity index (χ3v) is 1.73. The molecule has 1 aromatic rings. The average molecular weight is 208 g/mol. The highest BCUT2D eigenvalue weighted by Gasteiger charge is 2.18. The predicted molar refractivity (Wildman–Crippen MR) is 58.6 cm³/mol. The van der Waals surface area contributed by atoms with Crippen molar-refractivity contribution in [1.82, 2.24) is 4.98 Å². The zero-order valence-corrected chi connectivity index (χ0v) is 9.50. The number of pyridine rings is 1. The smallest absolute Gasteiger partial charge is 0.357 e. The highest BCUT2D eigenvalue weighted by molar-refractivity contribution is 5.87. The zero-order valence-electron chi connectivity index (χ0n) is 9.50. The molecule has 0 aromatic carbocycles. The summed E-state index contributed by atoms with van der Waals surface area (Å²) < 4.78 is 5.18. The lowest BCUT2D eigenvalue weighted by Gasteiger charge is -2.19. The van der Waals surface area contributed by atoms with Crippen LogP contribution in [0.3, 0.4) is 0 Å². The second-order valence-electron chi connectivity index (χ2n) is 4.37. The fraction of sp³-hybridized carbons (Fsp3) is 0.455. The Morgan fingerprint density at radius 2 is 2.00 bits per heavy atom. The molecule has 1 heterocycles. The van der Waals surface area contributed by atoms with Crippen LogP contribution in [0, 0.1) is 6.92 Å². The van der Waals surface area contributed by atoms with Gasteiger partial charge in [0.05, 0.1) is 11.4 Å². The fourth-order valence-corrected chi connectivity index (χ4v) is 1.02. The molecular formula is C11H16N2O2. The first kappa shape index (κ1) is 11.5. The third-order valence-electron chi connectivity index (χ3n) is 1.73. The lowest BCUT2D eigenvalue weighted by molar-refractivity contribution is 0.00627. The van der Waals surface area contributed by atoms with E-state index in [1.807, 2.05) is 20.8 Å². The summed E-state index contributed by atoms with van der Waals surface area (Å²) in [4.78, 5) is 15.7. The van der Waals surface area contributed by atoms with E-state index in [9.17, 15) is 4.79 Å². The second-order valence-corrected chi connectivity index (χ2v) is 4.37. The number of rotatable bonds is 1. The average Bonchev–Trinajstić information content (AvgIpc) is 2.06. The molecule has 0 fully saturated rings. The number of esters is 1. The highest BCUT2D eigenvalue weighted by atomic mass is 16.6. The number of anilines is 1. The summed E-state index contributed by atoms with van der Waals surface area (Å²) in [5.41, 5.74) is 6.59. The van der Waals surface area contributed by atoms with Crippen molar-refractivity contribution < 1.29 is 9.53 Å². The van der Waals surface area contributed by atoms with Gasteiger partial charge < -0.3 is 10.5 Å². The monoisotopic (exact) mass is 208 g/mol. The third kappa shape index (κ3) is 3.23. The van der Waals surface area contributed by atoms with E-state index in [4.69, 9.17) is 10.5 Å². The molecule has 2 N–H and O–H groups in total. The van der Waals surface area contributed by atoms with Gasteiger partial charge in [-0.2, -0.15) is 0 Å². The van der Waals surface area contributed by atoms with Crippen molar-refractivity contribution >= 4 is 11.7 Å². The minimum atomic E-state index is -0.506. The Balaban J connectivity index is 2.88. The lowest BCUT2D eigenvalue weighted by Crippen LogP contribution is -2.24. The number of nitrogens with two attached hydrogens (primary N) is 1. The SMILES string of the molecule is Cc1nc(C(=O)OC(C)(C)C)ccc1N. The van der Waals surface area contributed by atoms with Crippen LogP contribution in [0.2, 0.25) is 0 Å². The van der Waals surface area contributed by atoms with E-state index in [0.717, 1.165) is 0 Å². The number of hydrogen-bond acceptors (Lipinski definition) is 4. The maximum Gasteiger partial charge on any atom is 0.357 e. The van der Waals surface area contributed by atoms with Crippen LogP contribution in [0.4, 0.5) is 5.69 Å². The van der Waals surface area contributed by atoms with Crippen molar-refractivity contribution in [2.24, 2.45) is 0 Å². The van der Waals surface area contributed by atoms with E-state index < -0.39 is 11.6 Å². The number of aromatic nitrogens is 1. The molecule has 0 aliphatic carbocycles. The Bertz CT molecular complexity index is 381. The maximum atomic E-state index is 11.6. The molecule has 0 saturated carbocycles. The normalized spacial score (nSPS) is 11.2. The van der Waals surface area contributed by atoms with Gasteiger partial charge in [0.15, 0.2) is 0 Å². The number of hydrogen-bond donors (Lipinski definition) is 1. The lowest BCUT2D eigenvalue weighted by atomic mass is 10.2. The molecule has 0 aliphatic heterocycles. The van der Waals surface area contributed by atoms with Gasteiger partial charge in [0.1, 0.15) is 11.3 Å².